The Morgan fingerprint density at radius 2 is 1.76 bits per heavy atom. The fourth-order valence-electron chi connectivity index (χ4n) is 4.76. The number of alkyl halides is 4. The number of halogens is 5. The van der Waals surface area contributed by atoms with Gasteiger partial charge in [0.1, 0.15) is 24.1 Å². The van der Waals surface area contributed by atoms with Crippen LogP contribution in [0.1, 0.15) is 44.0 Å². The standard InChI is InChI=1S/C31H29F5N6O2S/c1-18(2)25-16-22(32)8-13-26(25)41-14-15-45-30(41)39-29(43)38-19(3)27(33)20-4-6-21(7-5-20)28-37-17-42(40-28)23-9-11-24(12-10-23)44-31(34,35)36/h4-13,16-19,27H,14-15H2,1-3H3,(H,38,43). The maximum atomic E-state index is 15.4. The highest BCUT2D eigenvalue weighted by Crippen LogP contribution is 2.33. The van der Waals surface area contributed by atoms with Gasteiger partial charge < -0.3 is 15.0 Å². The number of urea groups is 1. The molecule has 236 valence electrons. The summed E-state index contributed by atoms with van der Waals surface area (Å²) >= 11 is 1.40. The number of thioether (sulfide) groups is 1. The molecule has 1 aliphatic rings. The molecule has 2 unspecified atom stereocenters. The largest absolute Gasteiger partial charge is 0.573 e. The molecule has 4 aromatic rings. The number of carbonyl (C=O) groups excluding carboxylic acids is 1. The van der Waals surface area contributed by atoms with E-state index in [-0.39, 0.29) is 17.5 Å². The van der Waals surface area contributed by atoms with E-state index in [4.69, 9.17) is 0 Å². The van der Waals surface area contributed by atoms with Gasteiger partial charge in [0, 0.05) is 23.5 Å². The van der Waals surface area contributed by atoms with Crippen LogP contribution in [0.25, 0.3) is 17.1 Å². The lowest BCUT2D eigenvalue weighted by Gasteiger charge is -2.23. The predicted molar refractivity (Wildman–Crippen MR) is 163 cm³/mol. The van der Waals surface area contributed by atoms with Crippen LogP contribution in [0, 0.1) is 5.82 Å². The Morgan fingerprint density at radius 3 is 2.42 bits per heavy atom. The number of hydrogen-bond acceptors (Lipinski definition) is 5. The van der Waals surface area contributed by atoms with E-state index in [0.717, 1.165) is 11.3 Å². The van der Waals surface area contributed by atoms with Crippen LogP contribution in [-0.4, -0.2) is 50.7 Å². The number of aliphatic imine (C=N–C) groups is 1. The molecular weight excluding hydrogens is 615 g/mol. The molecule has 1 saturated heterocycles. The maximum absolute atomic E-state index is 15.4. The smallest absolute Gasteiger partial charge is 0.406 e. The van der Waals surface area contributed by atoms with Crippen molar-refractivity contribution in [3.63, 3.8) is 0 Å². The zero-order chi connectivity index (χ0) is 32.3. The van der Waals surface area contributed by atoms with Crippen molar-refractivity contribution in [3.05, 3.63) is 90.0 Å². The molecule has 8 nitrogen and oxygen atoms in total. The number of anilines is 1. The van der Waals surface area contributed by atoms with Crippen molar-refractivity contribution >= 4 is 28.6 Å². The van der Waals surface area contributed by atoms with Crippen LogP contribution in [0.2, 0.25) is 0 Å². The Hall–Kier alpha value is -4.46. The first-order chi connectivity index (χ1) is 21.4. The average molecular weight is 645 g/mol. The van der Waals surface area contributed by atoms with Gasteiger partial charge in [-0.1, -0.05) is 49.9 Å². The Balaban J connectivity index is 1.22. The van der Waals surface area contributed by atoms with Gasteiger partial charge in [0.25, 0.3) is 0 Å². The molecule has 2 atom stereocenters. The summed E-state index contributed by atoms with van der Waals surface area (Å²) in [7, 11) is 0. The number of amides is 2. The third kappa shape index (κ3) is 7.80. The van der Waals surface area contributed by atoms with Crippen LogP contribution in [0.15, 0.2) is 78.0 Å². The van der Waals surface area contributed by atoms with Crippen molar-refractivity contribution in [2.75, 3.05) is 17.2 Å². The van der Waals surface area contributed by atoms with E-state index < -0.39 is 24.6 Å². The monoisotopic (exact) mass is 644 g/mol. The first-order valence-electron chi connectivity index (χ1n) is 14.0. The molecule has 1 N–H and O–H groups in total. The normalized spacial score (nSPS) is 15.8. The summed E-state index contributed by atoms with van der Waals surface area (Å²) in [5.74, 6) is 0.393. The molecule has 0 radical (unpaired) electrons. The molecule has 45 heavy (non-hydrogen) atoms. The molecule has 1 aliphatic heterocycles. The minimum absolute atomic E-state index is 0.0593. The molecule has 0 bridgehead atoms. The number of carbonyl (C=O) groups is 1. The third-order valence-corrected chi connectivity index (χ3v) is 7.94. The Morgan fingerprint density at radius 1 is 1.04 bits per heavy atom. The summed E-state index contributed by atoms with van der Waals surface area (Å²) in [6, 6.07) is 14.5. The van der Waals surface area contributed by atoms with Crippen LogP contribution >= 0.6 is 11.8 Å². The second-order valence-corrected chi connectivity index (χ2v) is 11.6. The van der Waals surface area contributed by atoms with Crippen molar-refractivity contribution in [2.24, 2.45) is 4.99 Å². The SMILES string of the molecule is CC(C)c1cc(F)ccc1N1CCSC1=NC(=O)NC(C)C(F)c1ccc(-c2ncn(-c3ccc(OC(F)(F)F)cc3)n2)cc1. The third-order valence-electron chi connectivity index (χ3n) is 6.98. The summed E-state index contributed by atoms with van der Waals surface area (Å²) in [6.45, 7) is 6.08. The quantitative estimate of drug-likeness (QED) is 0.197. The Kier molecular flexibility index (Phi) is 9.42. The molecule has 5 rings (SSSR count). The molecule has 3 aromatic carbocycles. The Labute approximate surface area is 260 Å². The van der Waals surface area contributed by atoms with E-state index in [2.05, 4.69) is 25.1 Å². The van der Waals surface area contributed by atoms with Gasteiger partial charge in [-0.3, -0.25) is 0 Å². The van der Waals surface area contributed by atoms with Crippen LogP contribution in [0.4, 0.5) is 32.4 Å². The number of amidine groups is 1. The lowest BCUT2D eigenvalue weighted by Crippen LogP contribution is -2.35. The van der Waals surface area contributed by atoms with Crippen molar-refractivity contribution in [2.45, 2.75) is 45.3 Å². The highest BCUT2D eigenvalue weighted by Gasteiger charge is 2.31. The first-order valence-corrected chi connectivity index (χ1v) is 15.0. The van der Waals surface area contributed by atoms with Crippen molar-refractivity contribution in [1.82, 2.24) is 20.1 Å². The summed E-state index contributed by atoms with van der Waals surface area (Å²) in [6.07, 6.45) is -4.92. The fourth-order valence-corrected chi connectivity index (χ4v) is 5.71. The molecule has 2 heterocycles. The Bertz CT molecular complexity index is 1680. The van der Waals surface area contributed by atoms with Gasteiger partial charge in [0.2, 0.25) is 0 Å². The van der Waals surface area contributed by atoms with Crippen LogP contribution in [-0.2, 0) is 0 Å². The number of nitrogens with zero attached hydrogens (tertiary/aromatic N) is 5. The van der Waals surface area contributed by atoms with Gasteiger partial charge in [-0.15, -0.1) is 18.3 Å². The van der Waals surface area contributed by atoms with Crippen LogP contribution < -0.4 is 15.0 Å². The highest BCUT2D eigenvalue weighted by atomic mass is 32.2. The topological polar surface area (TPSA) is 84.6 Å². The molecule has 1 fully saturated rings. The first kappa shape index (κ1) is 31.9. The number of aromatic nitrogens is 3. The summed E-state index contributed by atoms with van der Waals surface area (Å²) < 4.78 is 71.8. The van der Waals surface area contributed by atoms with Crippen LogP contribution in [0.5, 0.6) is 5.75 Å². The van der Waals surface area contributed by atoms with E-state index in [0.29, 0.717) is 40.1 Å². The van der Waals surface area contributed by atoms with Gasteiger partial charge in [-0.2, -0.15) is 4.99 Å². The number of rotatable bonds is 8. The van der Waals surface area contributed by atoms with Gasteiger partial charge in [-0.05, 0) is 66.4 Å². The minimum atomic E-state index is -4.79. The van der Waals surface area contributed by atoms with E-state index in [9.17, 15) is 22.4 Å². The van der Waals surface area contributed by atoms with Crippen molar-refractivity contribution < 1.29 is 31.5 Å². The summed E-state index contributed by atoms with van der Waals surface area (Å²) in [5.41, 5.74) is 2.97. The number of hydrogen-bond donors (Lipinski definition) is 1. The van der Waals surface area contributed by atoms with E-state index in [1.54, 1.807) is 37.3 Å². The summed E-state index contributed by atoms with van der Waals surface area (Å²) in [5, 5.41) is 7.42. The van der Waals surface area contributed by atoms with Gasteiger partial charge in [0.05, 0.1) is 11.7 Å². The second kappa shape index (κ2) is 13.3. The zero-order valence-electron chi connectivity index (χ0n) is 24.4. The molecule has 2 amide bonds. The van der Waals surface area contributed by atoms with Crippen LogP contribution in [0.3, 0.4) is 0 Å². The molecule has 0 spiro atoms. The molecular formula is C31H29F5N6O2S. The molecule has 0 saturated carbocycles. The van der Waals surface area contributed by atoms with E-state index in [1.165, 1.54) is 59.2 Å². The van der Waals surface area contributed by atoms with Crippen molar-refractivity contribution in [1.29, 1.82) is 0 Å². The average Bonchev–Trinajstić information content (AvgIpc) is 3.67. The lowest BCUT2D eigenvalue weighted by molar-refractivity contribution is -0.274. The van der Waals surface area contributed by atoms with Gasteiger partial charge in [0.15, 0.2) is 11.0 Å². The fraction of sp³-hybridized carbons (Fsp3) is 0.290. The predicted octanol–water partition coefficient (Wildman–Crippen LogP) is 7.81. The maximum Gasteiger partial charge on any atom is 0.573 e. The molecule has 0 aliphatic carbocycles. The van der Waals surface area contributed by atoms with Gasteiger partial charge >= 0.3 is 12.4 Å². The minimum Gasteiger partial charge on any atom is -0.406 e. The molecule has 1 aromatic heterocycles. The zero-order valence-corrected chi connectivity index (χ0v) is 25.2. The second-order valence-electron chi connectivity index (χ2n) is 10.6. The van der Waals surface area contributed by atoms with Crippen molar-refractivity contribution in [3.8, 4) is 22.8 Å². The highest BCUT2D eigenvalue weighted by molar-refractivity contribution is 8.14. The van der Waals surface area contributed by atoms with Gasteiger partial charge in [-0.25, -0.2) is 23.2 Å². The van der Waals surface area contributed by atoms with E-state index in [1.807, 2.05) is 18.7 Å². The summed E-state index contributed by atoms with van der Waals surface area (Å²) in [4.78, 5) is 23.1. The number of benzene rings is 3. The number of ether oxygens (including phenoxy) is 1. The number of nitrogens with one attached hydrogen (secondary N) is 1. The molecule has 14 heteroatoms. The lowest BCUT2D eigenvalue weighted by atomic mass is 10.0. The van der Waals surface area contributed by atoms with E-state index >= 15 is 4.39 Å².